The zero-order valence-corrected chi connectivity index (χ0v) is 13.4. The fourth-order valence-electron chi connectivity index (χ4n) is 3.08. The van der Waals surface area contributed by atoms with Gasteiger partial charge in [-0.2, -0.15) is 0 Å². The third kappa shape index (κ3) is 2.04. The molecule has 1 N–H and O–H groups in total. The lowest BCUT2D eigenvalue weighted by Gasteiger charge is -2.02. The Bertz CT molecular complexity index is 1260. The Morgan fingerprint density at radius 2 is 2.04 bits per heavy atom. The summed E-state index contributed by atoms with van der Waals surface area (Å²) in [6.45, 7) is 0. The quantitative estimate of drug-likeness (QED) is 0.392. The second-order valence-corrected chi connectivity index (χ2v) is 5.87. The average Bonchev–Trinajstić information content (AvgIpc) is 3.25. The average molecular weight is 344 g/mol. The van der Waals surface area contributed by atoms with Crippen molar-refractivity contribution in [3.8, 4) is 28.3 Å². The molecular formula is C19H12N4O3. The molecule has 7 nitrogen and oxygen atoms in total. The molecule has 26 heavy (non-hydrogen) atoms. The lowest BCUT2D eigenvalue weighted by atomic mass is 10.1. The molecule has 0 saturated carbocycles. The summed E-state index contributed by atoms with van der Waals surface area (Å²) in [6.07, 6.45) is 6.44. The van der Waals surface area contributed by atoms with Crippen molar-refractivity contribution in [1.82, 2.24) is 14.5 Å². The van der Waals surface area contributed by atoms with Crippen LogP contribution in [0, 0.1) is 5.21 Å². The normalized spacial score (nSPS) is 11.4. The number of aromatic nitrogens is 4. The maximum atomic E-state index is 12.3. The molecule has 4 aromatic heterocycles. The zero-order chi connectivity index (χ0) is 17.7. The van der Waals surface area contributed by atoms with Gasteiger partial charge in [-0.25, -0.2) is 4.98 Å². The van der Waals surface area contributed by atoms with Crippen LogP contribution < -0.4 is 4.85 Å². The van der Waals surface area contributed by atoms with Crippen LogP contribution in [0.25, 0.3) is 39.0 Å². The topological polar surface area (TPSA) is 90.5 Å². The standard InChI is InChI=1S/C19H12N4O3/c24-19-17(14-2-1-7-20-11-14)18-21-15(5-8-22(18)23(19)25)12-3-4-16-13(10-12)6-9-26-16/h1-11,24H. The highest BCUT2D eigenvalue weighted by Gasteiger charge is 2.25. The maximum Gasteiger partial charge on any atom is 0.414 e. The van der Waals surface area contributed by atoms with Gasteiger partial charge in [0.25, 0.3) is 0 Å². The molecule has 0 atom stereocenters. The maximum absolute atomic E-state index is 12.3. The van der Waals surface area contributed by atoms with Crippen LogP contribution in [0.15, 0.2) is 71.7 Å². The van der Waals surface area contributed by atoms with Crippen molar-refractivity contribution in [3.63, 3.8) is 0 Å². The highest BCUT2D eigenvalue weighted by atomic mass is 16.5. The van der Waals surface area contributed by atoms with Crippen LogP contribution in [0.5, 0.6) is 5.88 Å². The smallest absolute Gasteiger partial charge is 0.414 e. The summed E-state index contributed by atoms with van der Waals surface area (Å²) in [4.78, 5) is 9.09. The minimum absolute atomic E-state index is 0.347. The molecule has 1 aromatic carbocycles. The fraction of sp³-hybridized carbons (Fsp3) is 0. The van der Waals surface area contributed by atoms with Crippen molar-refractivity contribution < 1.29 is 14.4 Å². The fourth-order valence-corrected chi connectivity index (χ4v) is 3.08. The molecule has 0 fully saturated rings. The molecule has 0 aliphatic carbocycles. The third-order valence-electron chi connectivity index (χ3n) is 4.34. The van der Waals surface area contributed by atoms with Gasteiger partial charge in [0.2, 0.25) is 5.65 Å². The van der Waals surface area contributed by atoms with Gasteiger partial charge < -0.3 is 14.7 Å². The molecule has 0 aliphatic rings. The Morgan fingerprint density at radius 3 is 2.88 bits per heavy atom. The molecular weight excluding hydrogens is 332 g/mol. The number of furan rings is 1. The molecule has 5 rings (SSSR count). The molecule has 7 heteroatoms. The van der Waals surface area contributed by atoms with Crippen LogP contribution in [0.2, 0.25) is 0 Å². The van der Waals surface area contributed by atoms with E-state index < -0.39 is 5.88 Å². The number of hydrogen-bond acceptors (Lipinski definition) is 5. The van der Waals surface area contributed by atoms with E-state index in [0.29, 0.717) is 27.3 Å². The van der Waals surface area contributed by atoms with Gasteiger partial charge in [0.1, 0.15) is 11.1 Å². The molecule has 0 amide bonds. The predicted octanol–water partition coefficient (Wildman–Crippen LogP) is 3.15. The number of pyridine rings is 1. The molecule has 0 spiro atoms. The second-order valence-electron chi connectivity index (χ2n) is 5.87. The van der Waals surface area contributed by atoms with E-state index in [1.54, 1.807) is 43.1 Å². The summed E-state index contributed by atoms with van der Waals surface area (Å²) < 4.78 is 6.63. The van der Waals surface area contributed by atoms with Crippen molar-refractivity contribution in [2.45, 2.75) is 0 Å². The number of benzene rings is 1. The number of nitrogens with zero attached hydrogens (tertiary/aromatic N) is 4. The molecule has 0 unspecified atom stereocenters. The predicted molar refractivity (Wildman–Crippen MR) is 94.3 cm³/mol. The number of rotatable bonds is 2. The summed E-state index contributed by atoms with van der Waals surface area (Å²) in [5.74, 6) is -0.409. The van der Waals surface area contributed by atoms with Crippen molar-refractivity contribution >= 4 is 16.6 Å². The largest absolute Gasteiger partial charge is 0.593 e. The van der Waals surface area contributed by atoms with Crippen LogP contribution in [-0.2, 0) is 0 Å². The van der Waals surface area contributed by atoms with Gasteiger partial charge in [-0.15, -0.1) is 0 Å². The Morgan fingerprint density at radius 1 is 1.12 bits per heavy atom. The van der Waals surface area contributed by atoms with E-state index in [-0.39, 0.29) is 0 Å². The molecule has 0 radical (unpaired) electrons. The summed E-state index contributed by atoms with van der Waals surface area (Å²) in [5, 5.41) is 23.5. The van der Waals surface area contributed by atoms with Crippen LogP contribution in [0.3, 0.4) is 0 Å². The van der Waals surface area contributed by atoms with Crippen molar-refractivity contribution in [2.24, 2.45) is 0 Å². The molecule has 4 heterocycles. The number of fused-ring (bicyclic) bond motifs is 2. The Hall–Kier alpha value is -3.87. The first-order valence-electron chi connectivity index (χ1n) is 7.94. The Kier molecular flexibility index (Phi) is 2.96. The first kappa shape index (κ1) is 14.5. The van der Waals surface area contributed by atoms with E-state index in [1.807, 2.05) is 24.3 Å². The van der Waals surface area contributed by atoms with E-state index >= 15 is 0 Å². The van der Waals surface area contributed by atoms with E-state index in [4.69, 9.17) is 4.42 Å². The number of aromatic hydroxyl groups is 1. The van der Waals surface area contributed by atoms with Gasteiger partial charge in [0.15, 0.2) is 0 Å². The monoisotopic (exact) mass is 344 g/mol. The summed E-state index contributed by atoms with van der Waals surface area (Å²) in [7, 11) is 0. The summed E-state index contributed by atoms with van der Waals surface area (Å²) >= 11 is 0. The van der Waals surface area contributed by atoms with E-state index in [0.717, 1.165) is 16.5 Å². The lowest BCUT2D eigenvalue weighted by Crippen LogP contribution is -2.32. The van der Waals surface area contributed by atoms with Gasteiger partial charge >= 0.3 is 5.88 Å². The highest BCUT2D eigenvalue weighted by molar-refractivity contribution is 5.84. The van der Waals surface area contributed by atoms with Crippen molar-refractivity contribution in [2.75, 3.05) is 0 Å². The van der Waals surface area contributed by atoms with Crippen molar-refractivity contribution in [3.05, 3.63) is 72.5 Å². The minimum Gasteiger partial charge on any atom is -0.593 e. The molecule has 0 saturated heterocycles. The van der Waals surface area contributed by atoms with Gasteiger partial charge in [-0.3, -0.25) is 4.98 Å². The van der Waals surface area contributed by atoms with Gasteiger partial charge in [-0.05, 0) is 41.2 Å². The molecule has 0 aliphatic heterocycles. The molecule has 5 aromatic rings. The Balaban J connectivity index is 1.76. The van der Waals surface area contributed by atoms with Gasteiger partial charge in [0.05, 0.1) is 18.2 Å². The lowest BCUT2D eigenvalue weighted by molar-refractivity contribution is -0.682. The Labute approximate surface area is 147 Å². The second kappa shape index (κ2) is 5.32. The van der Waals surface area contributed by atoms with Crippen molar-refractivity contribution in [1.29, 1.82) is 0 Å². The SMILES string of the molecule is [O-][n+]1c(O)c(-c2cccnc2)c2nc(-c3ccc4occc4c3)ccn21. The molecule has 126 valence electrons. The van der Waals surface area contributed by atoms with Gasteiger partial charge in [-0.1, -0.05) is 10.6 Å². The highest BCUT2D eigenvalue weighted by Crippen LogP contribution is 2.32. The number of hydrogen-bond donors (Lipinski definition) is 1. The van der Waals surface area contributed by atoms with Crippen LogP contribution in [0.1, 0.15) is 0 Å². The van der Waals surface area contributed by atoms with Gasteiger partial charge in [0, 0.05) is 28.9 Å². The summed E-state index contributed by atoms with van der Waals surface area (Å²) in [6, 6.07) is 12.9. The van der Waals surface area contributed by atoms with E-state index in [1.165, 1.54) is 4.52 Å². The minimum atomic E-state index is -0.409. The van der Waals surface area contributed by atoms with Crippen LogP contribution >= 0.6 is 0 Å². The zero-order valence-electron chi connectivity index (χ0n) is 13.4. The third-order valence-corrected chi connectivity index (χ3v) is 4.34. The first-order valence-corrected chi connectivity index (χ1v) is 7.94. The van der Waals surface area contributed by atoms with E-state index in [2.05, 4.69) is 9.97 Å². The molecule has 0 bridgehead atoms. The first-order chi connectivity index (χ1) is 12.7. The summed E-state index contributed by atoms with van der Waals surface area (Å²) in [5.41, 5.74) is 3.69. The van der Waals surface area contributed by atoms with E-state index in [9.17, 15) is 10.3 Å². The van der Waals surface area contributed by atoms with Crippen LogP contribution in [0.4, 0.5) is 0 Å². The van der Waals surface area contributed by atoms with Crippen LogP contribution in [-0.4, -0.2) is 19.6 Å².